The number of benzene rings is 3. The van der Waals surface area contributed by atoms with Crippen LogP contribution < -0.4 is 20.1 Å². The van der Waals surface area contributed by atoms with Crippen LogP contribution in [0.3, 0.4) is 0 Å². The summed E-state index contributed by atoms with van der Waals surface area (Å²) in [6.45, 7) is 0.282. The van der Waals surface area contributed by atoms with Crippen LogP contribution in [0.4, 0.5) is 5.69 Å². The van der Waals surface area contributed by atoms with Gasteiger partial charge in [-0.25, -0.2) is 0 Å². The van der Waals surface area contributed by atoms with Gasteiger partial charge in [-0.2, -0.15) is 0 Å². The number of carbonyl (C=O) groups is 2. The summed E-state index contributed by atoms with van der Waals surface area (Å²) >= 11 is 0. The molecule has 148 valence electrons. The van der Waals surface area contributed by atoms with Crippen LogP contribution in [0, 0.1) is 0 Å². The molecule has 0 aliphatic rings. The number of rotatable bonds is 8. The maximum Gasteiger partial charge on any atom is 0.233 e. The average molecular weight is 390 g/mol. The summed E-state index contributed by atoms with van der Waals surface area (Å²) in [6, 6.07) is 23.7. The number of hydrogen-bond acceptors (Lipinski definition) is 4. The number of methoxy groups -OCH3 is 1. The molecular weight excluding hydrogens is 368 g/mol. The van der Waals surface area contributed by atoms with E-state index in [0.29, 0.717) is 22.9 Å². The molecule has 0 aliphatic carbocycles. The van der Waals surface area contributed by atoms with Crippen molar-refractivity contribution in [1.82, 2.24) is 5.32 Å². The molecular formula is C23H22N2O4. The molecule has 0 spiro atoms. The van der Waals surface area contributed by atoms with Crippen molar-refractivity contribution < 1.29 is 19.1 Å². The standard InChI is InChI=1S/C23H22N2O4/c1-28-20-13-7-5-9-17(20)16-24-22(26)15-23(27)25-19-12-6-8-14-21(19)29-18-10-3-2-4-11-18/h2-14H,15-16H2,1H3,(H,24,26)(H,25,27). The van der Waals surface area contributed by atoms with Gasteiger partial charge in [0.1, 0.15) is 17.9 Å². The highest BCUT2D eigenvalue weighted by molar-refractivity contribution is 6.04. The third-order valence-corrected chi connectivity index (χ3v) is 4.12. The first-order chi connectivity index (χ1) is 14.2. The molecule has 0 saturated heterocycles. The molecule has 3 aromatic carbocycles. The minimum atomic E-state index is -0.424. The fourth-order valence-electron chi connectivity index (χ4n) is 2.72. The van der Waals surface area contributed by atoms with E-state index in [1.165, 1.54) is 0 Å². The van der Waals surface area contributed by atoms with Crippen molar-refractivity contribution in [1.29, 1.82) is 0 Å². The number of ether oxygens (including phenoxy) is 2. The van der Waals surface area contributed by atoms with E-state index in [9.17, 15) is 9.59 Å². The first kappa shape index (κ1) is 19.9. The van der Waals surface area contributed by atoms with Gasteiger partial charge in [-0.05, 0) is 30.3 Å². The summed E-state index contributed by atoms with van der Waals surface area (Å²) in [5.74, 6) is 1.04. The van der Waals surface area contributed by atoms with Crippen molar-refractivity contribution >= 4 is 17.5 Å². The van der Waals surface area contributed by atoms with Crippen LogP contribution >= 0.6 is 0 Å². The van der Waals surface area contributed by atoms with E-state index in [1.54, 1.807) is 25.3 Å². The van der Waals surface area contributed by atoms with Crippen molar-refractivity contribution in [2.75, 3.05) is 12.4 Å². The van der Waals surface area contributed by atoms with Gasteiger partial charge in [0, 0.05) is 12.1 Å². The Bertz CT molecular complexity index is 973. The predicted molar refractivity (Wildman–Crippen MR) is 111 cm³/mol. The lowest BCUT2D eigenvalue weighted by molar-refractivity contribution is -0.126. The van der Waals surface area contributed by atoms with Crippen LogP contribution in [0.15, 0.2) is 78.9 Å². The highest BCUT2D eigenvalue weighted by Gasteiger charge is 2.13. The van der Waals surface area contributed by atoms with Crippen LogP contribution in [0.5, 0.6) is 17.2 Å². The average Bonchev–Trinajstić information content (AvgIpc) is 2.74. The minimum Gasteiger partial charge on any atom is -0.496 e. The Labute approximate surface area is 169 Å². The van der Waals surface area contributed by atoms with Gasteiger partial charge in [0.2, 0.25) is 11.8 Å². The molecule has 3 rings (SSSR count). The minimum absolute atomic E-state index is 0.282. The predicted octanol–water partition coefficient (Wildman–Crippen LogP) is 4.13. The number of nitrogens with one attached hydrogen (secondary N) is 2. The molecule has 0 heterocycles. The lowest BCUT2D eigenvalue weighted by atomic mass is 10.2. The quantitative estimate of drug-likeness (QED) is 0.567. The van der Waals surface area contributed by atoms with E-state index in [2.05, 4.69) is 10.6 Å². The number of amides is 2. The molecule has 6 nitrogen and oxygen atoms in total. The maximum atomic E-state index is 12.3. The topological polar surface area (TPSA) is 76.7 Å². The summed E-state index contributed by atoms with van der Waals surface area (Å²) in [6.07, 6.45) is -0.297. The Morgan fingerprint density at radius 3 is 2.21 bits per heavy atom. The van der Waals surface area contributed by atoms with Crippen molar-refractivity contribution in [2.45, 2.75) is 13.0 Å². The Morgan fingerprint density at radius 2 is 1.45 bits per heavy atom. The Hall–Kier alpha value is -3.80. The van der Waals surface area contributed by atoms with Crippen LogP contribution in [0.25, 0.3) is 0 Å². The van der Waals surface area contributed by atoms with Gasteiger partial charge in [-0.1, -0.05) is 48.5 Å². The normalized spacial score (nSPS) is 10.1. The molecule has 3 aromatic rings. The van der Waals surface area contributed by atoms with E-state index in [0.717, 1.165) is 5.56 Å². The fourth-order valence-corrected chi connectivity index (χ4v) is 2.72. The molecule has 2 amide bonds. The zero-order valence-corrected chi connectivity index (χ0v) is 16.1. The third kappa shape index (κ3) is 5.84. The first-order valence-electron chi connectivity index (χ1n) is 9.16. The van der Waals surface area contributed by atoms with E-state index in [4.69, 9.17) is 9.47 Å². The van der Waals surface area contributed by atoms with Gasteiger partial charge in [0.25, 0.3) is 0 Å². The van der Waals surface area contributed by atoms with Gasteiger partial charge in [-0.15, -0.1) is 0 Å². The van der Waals surface area contributed by atoms with Gasteiger partial charge < -0.3 is 20.1 Å². The van der Waals surface area contributed by atoms with Crippen LogP contribution in [0.2, 0.25) is 0 Å². The number of hydrogen-bond donors (Lipinski definition) is 2. The lowest BCUT2D eigenvalue weighted by Crippen LogP contribution is -2.28. The molecule has 0 bridgehead atoms. The summed E-state index contributed by atoms with van der Waals surface area (Å²) < 4.78 is 11.1. The largest absolute Gasteiger partial charge is 0.496 e. The summed E-state index contributed by atoms with van der Waals surface area (Å²) in [4.78, 5) is 24.5. The SMILES string of the molecule is COc1ccccc1CNC(=O)CC(=O)Nc1ccccc1Oc1ccccc1. The lowest BCUT2D eigenvalue weighted by Gasteiger charge is -2.12. The molecule has 2 N–H and O–H groups in total. The zero-order chi connectivity index (χ0) is 20.5. The van der Waals surface area contributed by atoms with Gasteiger partial charge in [-0.3, -0.25) is 9.59 Å². The fraction of sp³-hybridized carbons (Fsp3) is 0.130. The van der Waals surface area contributed by atoms with Gasteiger partial charge in [0.05, 0.1) is 12.8 Å². The van der Waals surface area contributed by atoms with Crippen molar-refractivity contribution in [2.24, 2.45) is 0 Å². The molecule has 0 aliphatic heterocycles. The van der Waals surface area contributed by atoms with E-state index < -0.39 is 5.91 Å². The highest BCUT2D eigenvalue weighted by atomic mass is 16.5. The summed E-state index contributed by atoms with van der Waals surface area (Å²) in [5, 5.41) is 5.47. The Balaban J connectivity index is 1.56. The monoisotopic (exact) mass is 390 g/mol. The van der Waals surface area contributed by atoms with Crippen LogP contribution in [-0.4, -0.2) is 18.9 Å². The molecule has 0 radical (unpaired) electrons. The van der Waals surface area contributed by atoms with Crippen molar-refractivity contribution in [3.63, 3.8) is 0 Å². The second kappa shape index (κ2) is 9.94. The summed E-state index contributed by atoms with van der Waals surface area (Å²) in [5.41, 5.74) is 1.34. The highest BCUT2D eigenvalue weighted by Crippen LogP contribution is 2.29. The Morgan fingerprint density at radius 1 is 0.793 bits per heavy atom. The first-order valence-corrected chi connectivity index (χ1v) is 9.16. The summed E-state index contributed by atoms with van der Waals surface area (Å²) in [7, 11) is 1.57. The molecule has 6 heteroatoms. The molecule has 29 heavy (non-hydrogen) atoms. The molecule has 0 fully saturated rings. The van der Waals surface area contributed by atoms with Crippen LogP contribution in [-0.2, 0) is 16.1 Å². The Kier molecular flexibility index (Phi) is 6.84. The van der Waals surface area contributed by atoms with E-state index in [-0.39, 0.29) is 18.9 Å². The van der Waals surface area contributed by atoms with Gasteiger partial charge in [0.15, 0.2) is 5.75 Å². The molecule has 0 saturated carbocycles. The van der Waals surface area contributed by atoms with Gasteiger partial charge >= 0.3 is 0 Å². The number of para-hydroxylation sites is 4. The van der Waals surface area contributed by atoms with Crippen molar-refractivity contribution in [3.8, 4) is 17.2 Å². The number of anilines is 1. The van der Waals surface area contributed by atoms with Crippen molar-refractivity contribution in [3.05, 3.63) is 84.4 Å². The van der Waals surface area contributed by atoms with Crippen LogP contribution in [0.1, 0.15) is 12.0 Å². The second-order valence-electron chi connectivity index (χ2n) is 6.22. The van der Waals surface area contributed by atoms with E-state index >= 15 is 0 Å². The molecule has 0 atom stereocenters. The third-order valence-electron chi connectivity index (χ3n) is 4.12. The number of carbonyl (C=O) groups excluding carboxylic acids is 2. The smallest absolute Gasteiger partial charge is 0.233 e. The zero-order valence-electron chi connectivity index (χ0n) is 16.1. The molecule has 0 unspecified atom stereocenters. The maximum absolute atomic E-state index is 12.3. The van der Waals surface area contributed by atoms with E-state index in [1.807, 2.05) is 60.7 Å². The second-order valence-corrected chi connectivity index (χ2v) is 6.22. The molecule has 0 aromatic heterocycles.